The average molecular weight is 381 g/mol. The van der Waals surface area contributed by atoms with Crippen LogP contribution in [0, 0.1) is 0 Å². The Hall–Kier alpha value is -1.73. The fourth-order valence-electron chi connectivity index (χ4n) is 2.76. The second-order valence-corrected chi connectivity index (χ2v) is 7.97. The Balaban J connectivity index is 0.00000225. The first-order valence-electron chi connectivity index (χ1n) is 7.89. The predicted octanol–water partition coefficient (Wildman–Crippen LogP) is 2.50. The van der Waals surface area contributed by atoms with Gasteiger partial charge in [-0.15, -0.1) is 12.4 Å². The molecule has 25 heavy (non-hydrogen) atoms. The third-order valence-electron chi connectivity index (χ3n) is 4.42. The molecule has 1 aliphatic rings. The second-order valence-electron chi connectivity index (χ2n) is 6.23. The highest BCUT2D eigenvalue weighted by atomic mass is 35.5. The van der Waals surface area contributed by atoms with Crippen LogP contribution >= 0.6 is 12.4 Å². The maximum atomic E-state index is 12.7. The van der Waals surface area contributed by atoms with Crippen molar-refractivity contribution in [2.24, 2.45) is 5.73 Å². The predicted molar refractivity (Wildman–Crippen MR) is 99.5 cm³/mol. The lowest BCUT2D eigenvalue weighted by molar-refractivity contribution is 0.103. The highest BCUT2D eigenvalue weighted by Crippen LogP contribution is 2.29. The zero-order valence-electron chi connectivity index (χ0n) is 13.6. The molecule has 1 aliphatic carbocycles. The zero-order chi connectivity index (χ0) is 17.2. The van der Waals surface area contributed by atoms with Gasteiger partial charge in [0.1, 0.15) is 0 Å². The van der Waals surface area contributed by atoms with Gasteiger partial charge in [-0.25, -0.2) is 13.1 Å². The van der Waals surface area contributed by atoms with Crippen molar-refractivity contribution in [2.75, 3.05) is 6.54 Å². The molecule has 0 aliphatic heterocycles. The molecule has 134 valence electrons. The lowest BCUT2D eigenvalue weighted by Crippen LogP contribution is -2.54. The molecule has 1 saturated carbocycles. The summed E-state index contributed by atoms with van der Waals surface area (Å²) in [7, 11) is -3.80. The molecular weight excluding hydrogens is 360 g/mol. The van der Waals surface area contributed by atoms with Crippen molar-refractivity contribution in [3.8, 4) is 0 Å². The molecule has 0 aromatic heterocycles. The Kier molecular flexibility index (Phi) is 6.00. The highest BCUT2D eigenvalue weighted by molar-refractivity contribution is 7.89. The number of hydrogen-bond donors (Lipinski definition) is 2. The Morgan fingerprint density at radius 1 is 1.04 bits per heavy atom. The Labute approximate surface area is 154 Å². The number of nitrogens with two attached hydrogens (primary N) is 1. The van der Waals surface area contributed by atoms with Crippen LogP contribution in [0.5, 0.6) is 0 Å². The normalized spacial score (nSPS) is 15.7. The van der Waals surface area contributed by atoms with Gasteiger partial charge >= 0.3 is 0 Å². The van der Waals surface area contributed by atoms with Crippen molar-refractivity contribution in [3.63, 3.8) is 0 Å². The number of sulfonamides is 1. The molecule has 0 unspecified atom stereocenters. The van der Waals surface area contributed by atoms with Gasteiger partial charge < -0.3 is 5.73 Å². The molecule has 3 N–H and O–H groups in total. The van der Waals surface area contributed by atoms with Crippen molar-refractivity contribution in [2.45, 2.75) is 29.7 Å². The average Bonchev–Trinajstić information content (AvgIpc) is 2.58. The smallest absolute Gasteiger partial charge is 0.241 e. The van der Waals surface area contributed by atoms with Crippen LogP contribution in [0.1, 0.15) is 35.2 Å². The lowest BCUT2D eigenvalue weighted by Gasteiger charge is -2.38. The topological polar surface area (TPSA) is 89.3 Å². The molecule has 2 aromatic carbocycles. The van der Waals surface area contributed by atoms with Gasteiger partial charge in [0.2, 0.25) is 10.0 Å². The number of hydrogen-bond acceptors (Lipinski definition) is 4. The van der Waals surface area contributed by atoms with E-state index in [0.29, 0.717) is 5.56 Å². The molecule has 0 bridgehead atoms. The van der Waals surface area contributed by atoms with Crippen molar-refractivity contribution in [1.29, 1.82) is 0 Å². The van der Waals surface area contributed by atoms with Crippen LogP contribution in [-0.4, -0.2) is 26.3 Å². The highest BCUT2D eigenvalue weighted by Gasteiger charge is 2.34. The van der Waals surface area contributed by atoms with E-state index in [2.05, 4.69) is 4.72 Å². The van der Waals surface area contributed by atoms with E-state index in [1.54, 1.807) is 42.5 Å². The fraction of sp³-hybridized carbons (Fsp3) is 0.278. The first kappa shape index (κ1) is 19.6. The number of carbonyl (C=O) groups excluding carboxylic acids is 1. The first-order valence-corrected chi connectivity index (χ1v) is 9.37. The van der Waals surface area contributed by atoms with E-state index in [1.165, 1.54) is 12.1 Å². The van der Waals surface area contributed by atoms with Gasteiger partial charge in [-0.05, 0) is 31.4 Å². The van der Waals surface area contributed by atoms with Crippen LogP contribution in [0.4, 0.5) is 0 Å². The van der Waals surface area contributed by atoms with E-state index >= 15 is 0 Å². The summed E-state index contributed by atoms with van der Waals surface area (Å²) in [6.45, 7) is 0.184. The quantitative estimate of drug-likeness (QED) is 0.753. The summed E-state index contributed by atoms with van der Waals surface area (Å²) in [4.78, 5) is 12.7. The number of ketones is 1. The van der Waals surface area contributed by atoms with E-state index in [4.69, 9.17) is 5.73 Å². The number of nitrogens with one attached hydrogen (secondary N) is 1. The molecule has 7 heteroatoms. The first-order chi connectivity index (χ1) is 11.4. The van der Waals surface area contributed by atoms with Crippen LogP contribution in [0.25, 0.3) is 0 Å². The van der Waals surface area contributed by atoms with E-state index in [9.17, 15) is 13.2 Å². The van der Waals surface area contributed by atoms with Crippen LogP contribution in [0.15, 0.2) is 59.5 Å². The van der Waals surface area contributed by atoms with Crippen LogP contribution in [0.3, 0.4) is 0 Å². The van der Waals surface area contributed by atoms with E-state index in [-0.39, 0.29) is 35.2 Å². The molecule has 5 nitrogen and oxygen atoms in total. The molecule has 0 spiro atoms. The van der Waals surface area contributed by atoms with Gasteiger partial charge in [0.15, 0.2) is 5.78 Å². The fourth-order valence-corrected chi connectivity index (χ4v) is 4.10. The number of benzene rings is 2. The summed E-state index contributed by atoms with van der Waals surface area (Å²) in [5, 5.41) is 0. The summed E-state index contributed by atoms with van der Waals surface area (Å²) >= 11 is 0. The molecule has 0 atom stereocenters. The van der Waals surface area contributed by atoms with Gasteiger partial charge in [0, 0.05) is 23.2 Å². The minimum absolute atomic E-state index is 0. The van der Waals surface area contributed by atoms with Crippen LogP contribution < -0.4 is 10.5 Å². The van der Waals surface area contributed by atoms with Gasteiger partial charge in [-0.3, -0.25) is 4.79 Å². The van der Waals surface area contributed by atoms with Gasteiger partial charge in [-0.2, -0.15) is 0 Å². The molecule has 3 rings (SSSR count). The summed E-state index contributed by atoms with van der Waals surface area (Å²) in [6, 6.07) is 14.9. The molecule has 2 aromatic rings. The minimum atomic E-state index is -3.80. The maximum Gasteiger partial charge on any atom is 0.241 e. The summed E-state index contributed by atoms with van der Waals surface area (Å²) in [6.07, 6.45) is 2.63. The Morgan fingerprint density at radius 2 is 1.64 bits per heavy atom. The largest absolute Gasteiger partial charge is 0.324 e. The number of halogens is 1. The van der Waals surface area contributed by atoms with Crippen molar-refractivity contribution in [1.82, 2.24) is 4.72 Å². The van der Waals surface area contributed by atoms with E-state index in [1.807, 2.05) is 0 Å². The van der Waals surface area contributed by atoms with Crippen molar-refractivity contribution in [3.05, 3.63) is 65.7 Å². The number of rotatable bonds is 6. The van der Waals surface area contributed by atoms with Gasteiger partial charge in [-0.1, -0.05) is 42.5 Å². The third-order valence-corrected chi connectivity index (χ3v) is 5.88. The summed E-state index contributed by atoms with van der Waals surface area (Å²) < 4.78 is 27.9. The van der Waals surface area contributed by atoms with E-state index < -0.39 is 15.6 Å². The molecule has 0 saturated heterocycles. The molecule has 0 amide bonds. The van der Waals surface area contributed by atoms with Crippen LogP contribution in [0.2, 0.25) is 0 Å². The van der Waals surface area contributed by atoms with Crippen LogP contribution in [-0.2, 0) is 10.0 Å². The molecule has 1 fully saturated rings. The third kappa shape index (κ3) is 4.27. The molecule has 0 radical (unpaired) electrons. The summed E-state index contributed by atoms with van der Waals surface area (Å²) in [5.41, 5.74) is 6.23. The lowest BCUT2D eigenvalue weighted by atomic mass is 9.78. The van der Waals surface area contributed by atoms with E-state index in [0.717, 1.165) is 19.3 Å². The Morgan fingerprint density at radius 3 is 2.24 bits per heavy atom. The zero-order valence-corrected chi connectivity index (χ0v) is 15.3. The maximum absolute atomic E-state index is 12.7. The SMILES string of the molecule is Cl.NC1(CNS(=O)(=O)c2ccccc2C(=O)c2ccccc2)CCC1. The Bertz CT molecular complexity index is 850. The standard InChI is InChI=1S/C18H20N2O3S.ClH/c19-18(11-6-12-18)13-20-24(22,23)16-10-5-4-9-15(16)17(21)14-7-2-1-3-8-14;/h1-5,7-10,20H,6,11-13,19H2;1H. The number of carbonyl (C=O) groups is 1. The monoisotopic (exact) mass is 380 g/mol. The summed E-state index contributed by atoms with van der Waals surface area (Å²) in [5.74, 6) is -0.317. The second kappa shape index (κ2) is 7.66. The van der Waals surface area contributed by atoms with Gasteiger partial charge in [0.25, 0.3) is 0 Å². The van der Waals surface area contributed by atoms with Crippen molar-refractivity contribution >= 4 is 28.2 Å². The minimum Gasteiger partial charge on any atom is -0.324 e. The van der Waals surface area contributed by atoms with Crippen molar-refractivity contribution < 1.29 is 13.2 Å². The molecular formula is C18H21ClN2O3S. The molecule has 0 heterocycles. The van der Waals surface area contributed by atoms with Gasteiger partial charge in [0.05, 0.1) is 4.90 Å².